The molecule has 0 fully saturated rings. The SMILES string of the molecule is CC(Nc1cncc(C(=O)O)n1)c1ccc(F)cc1. The maximum atomic E-state index is 12.8. The molecule has 5 nitrogen and oxygen atoms in total. The molecule has 1 unspecified atom stereocenters. The number of benzene rings is 1. The van der Waals surface area contributed by atoms with Gasteiger partial charge in [-0.05, 0) is 24.6 Å². The molecular formula is C13H12FN3O2. The monoisotopic (exact) mass is 261 g/mol. The lowest BCUT2D eigenvalue weighted by atomic mass is 10.1. The van der Waals surface area contributed by atoms with Gasteiger partial charge in [-0.25, -0.2) is 14.2 Å². The molecule has 0 aliphatic carbocycles. The number of rotatable bonds is 4. The lowest BCUT2D eigenvalue weighted by Gasteiger charge is -2.14. The van der Waals surface area contributed by atoms with E-state index in [-0.39, 0.29) is 17.6 Å². The van der Waals surface area contributed by atoms with Crippen LogP contribution in [0, 0.1) is 5.82 Å². The third-order valence-corrected chi connectivity index (χ3v) is 2.59. The zero-order valence-corrected chi connectivity index (χ0v) is 10.2. The van der Waals surface area contributed by atoms with Crippen molar-refractivity contribution >= 4 is 11.8 Å². The van der Waals surface area contributed by atoms with Gasteiger partial charge in [-0.15, -0.1) is 0 Å². The summed E-state index contributed by atoms with van der Waals surface area (Å²) in [7, 11) is 0. The highest BCUT2D eigenvalue weighted by atomic mass is 19.1. The second-order valence-electron chi connectivity index (χ2n) is 4.01. The maximum absolute atomic E-state index is 12.8. The normalized spacial score (nSPS) is 11.9. The Balaban J connectivity index is 2.14. The Kier molecular flexibility index (Phi) is 3.70. The van der Waals surface area contributed by atoms with Gasteiger partial charge in [0.15, 0.2) is 5.69 Å². The Morgan fingerprint density at radius 2 is 2.00 bits per heavy atom. The van der Waals surface area contributed by atoms with E-state index in [0.29, 0.717) is 5.82 Å². The molecule has 2 rings (SSSR count). The average Bonchev–Trinajstić information content (AvgIpc) is 2.39. The molecule has 1 aromatic carbocycles. The molecular weight excluding hydrogens is 249 g/mol. The topological polar surface area (TPSA) is 75.1 Å². The van der Waals surface area contributed by atoms with E-state index in [4.69, 9.17) is 5.11 Å². The molecule has 0 amide bonds. The zero-order valence-electron chi connectivity index (χ0n) is 10.2. The van der Waals surface area contributed by atoms with E-state index in [0.717, 1.165) is 5.56 Å². The van der Waals surface area contributed by atoms with E-state index < -0.39 is 5.97 Å². The molecule has 0 saturated heterocycles. The van der Waals surface area contributed by atoms with Crippen molar-refractivity contribution in [3.8, 4) is 0 Å². The quantitative estimate of drug-likeness (QED) is 0.884. The minimum absolute atomic E-state index is 0.128. The number of nitrogens with one attached hydrogen (secondary N) is 1. The third kappa shape index (κ3) is 3.25. The van der Waals surface area contributed by atoms with Crippen LogP contribution in [0.25, 0.3) is 0 Å². The third-order valence-electron chi connectivity index (χ3n) is 2.59. The Bertz CT molecular complexity index is 587. The van der Waals surface area contributed by atoms with Crippen LogP contribution >= 0.6 is 0 Å². The van der Waals surface area contributed by atoms with E-state index in [1.807, 2.05) is 6.92 Å². The maximum Gasteiger partial charge on any atom is 0.356 e. The van der Waals surface area contributed by atoms with Gasteiger partial charge in [-0.3, -0.25) is 4.98 Å². The van der Waals surface area contributed by atoms with Gasteiger partial charge in [0.05, 0.1) is 12.4 Å². The minimum atomic E-state index is -1.13. The molecule has 0 spiro atoms. The number of aromatic nitrogens is 2. The number of carbonyl (C=O) groups is 1. The van der Waals surface area contributed by atoms with Crippen LogP contribution in [0.2, 0.25) is 0 Å². The largest absolute Gasteiger partial charge is 0.476 e. The van der Waals surface area contributed by atoms with E-state index in [1.54, 1.807) is 12.1 Å². The molecule has 0 bridgehead atoms. The summed E-state index contributed by atoms with van der Waals surface area (Å²) in [4.78, 5) is 18.5. The Labute approximate surface area is 109 Å². The first-order chi connectivity index (χ1) is 9.06. The summed E-state index contributed by atoms with van der Waals surface area (Å²) in [5.74, 6) is -1.08. The number of nitrogens with zero attached hydrogens (tertiary/aromatic N) is 2. The summed E-state index contributed by atoms with van der Waals surface area (Å²) in [6.45, 7) is 1.86. The lowest BCUT2D eigenvalue weighted by Crippen LogP contribution is -2.10. The van der Waals surface area contributed by atoms with Gasteiger partial charge in [0, 0.05) is 6.04 Å². The lowest BCUT2D eigenvalue weighted by molar-refractivity contribution is 0.0690. The Morgan fingerprint density at radius 3 is 2.63 bits per heavy atom. The molecule has 6 heteroatoms. The molecule has 19 heavy (non-hydrogen) atoms. The van der Waals surface area contributed by atoms with Gasteiger partial charge in [0.1, 0.15) is 11.6 Å². The zero-order chi connectivity index (χ0) is 13.8. The number of carboxylic acid groups (broad SMARTS) is 1. The highest BCUT2D eigenvalue weighted by Gasteiger charge is 2.09. The van der Waals surface area contributed by atoms with Crippen LogP contribution in [0.3, 0.4) is 0 Å². The van der Waals surface area contributed by atoms with Crippen LogP contribution in [0.15, 0.2) is 36.7 Å². The van der Waals surface area contributed by atoms with E-state index in [2.05, 4.69) is 15.3 Å². The van der Waals surface area contributed by atoms with Crippen molar-refractivity contribution in [2.24, 2.45) is 0 Å². The first-order valence-corrected chi connectivity index (χ1v) is 5.63. The number of aromatic carboxylic acids is 1. The molecule has 2 aromatic rings. The molecule has 2 N–H and O–H groups in total. The van der Waals surface area contributed by atoms with E-state index in [1.165, 1.54) is 24.5 Å². The van der Waals surface area contributed by atoms with Gasteiger partial charge in [0.25, 0.3) is 0 Å². The summed E-state index contributed by atoms with van der Waals surface area (Å²) in [6.07, 6.45) is 2.61. The second-order valence-corrected chi connectivity index (χ2v) is 4.01. The summed E-state index contributed by atoms with van der Waals surface area (Å²) in [6, 6.07) is 5.90. The van der Waals surface area contributed by atoms with Crippen LogP contribution in [-0.2, 0) is 0 Å². The number of carboxylic acids is 1. The van der Waals surface area contributed by atoms with Crippen molar-refractivity contribution in [3.05, 3.63) is 53.7 Å². The number of anilines is 1. The molecule has 0 saturated carbocycles. The van der Waals surface area contributed by atoms with Gasteiger partial charge < -0.3 is 10.4 Å². The van der Waals surface area contributed by atoms with Crippen molar-refractivity contribution in [1.29, 1.82) is 0 Å². The highest BCUT2D eigenvalue weighted by molar-refractivity contribution is 5.85. The van der Waals surface area contributed by atoms with Crippen molar-refractivity contribution in [1.82, 2.24) is 9.97 Å². The first-order valence-electron chi connectivity index (χ1n) is 5.63. The molecule has 1 atom stereocenters. The Hall–Kier alpha value is -2.50. The summed E-state index contributed by atoms with van der Waals surface area (Å²) in [5.41, 5.74) is 0.736. The van der Waals surface area contributed by atoms with Crippen LogP contribution in [0.5, 0.6) is 0 Å². The van der Waals surface area contributed by atoms with Crippen molar-refractivity contribution in [2.45, 2.75) is 13.0 Å². The predicted molar refractivity (Wildman–Crippen MR) is 67.4 cm³/mol. The van der Waals surface area contributed by atoms with Crippen molar-refractivity contribution in [2.75, 3.05) is 5.32 Å². The number of hydrogen-bond acceptors (Lipinski definition) is 4. The summed E-state index contributed by atoms with van der Waals surface area (Å²) >= 11 is 0. The van der Waals surface area contributed by atoms with Crippen LogP contribution in [-0.4, -0.2) is 21.0 Å². The predicted octanol–water partition coefficient (Wildman–Crippen LogP) is 2.49. The van der Waals surface area contributed by atoms with Crippen LogP contribution < -0.4 is 5.32 Å². The molecule has 1 aromatic heterocycles. The second kappa shape index (κ2) is 5.43. The standard InChI is InChI=1S/C13H12FN3O2/c1-8(9-2-4-10(14)5-3-9)16-12-7-15-6-11(17-12)13(18)19/h2-8H,1H3,(H,16,17)(H,18,19). The van der Waals surface area contributed by atoms with Crippen molar-refractivity contribution in [3.63, 3.8) is 0 Å². The van der Waals surface area contributed by atoms with Gasteiger partial charge in [0.2, 0.25) is 0 Å². The minimum Gasteiger partial charge on any atom is -0.476 e. The summed E-state index contributed by atoms with van der Waals surface area (Å²) in [5, 5.41) is 11.8. The average molecular weight is 261 g/mol. The first kappa shape index (κ1) is 12.9. The molecule has 0 radical (unpaired) electrons. The van der Waals surface area contributed by atoms with Gasteiger partial charge in [-0.1, -0.05) is 12.1 Å². The van der Waals surface area contributed by atoms with Gasteiger partial charge >= 0.3 is 5.97 Å². The fraction of sp³-hybridized carbons (Fsp3) is 0.154. The van der Waals surface area contributed by atoms with E-state index in [9.17, 15) is 9.18 Å². The van der Waals surface area contributed by atoms with Crippen LogP contribution in [0.1, 0.15) is 29.0 Å². The summed E-state index contributed by atoms with van der Waals surface area (Å²) < 4.78 is 12.8. The molecule has 0 aliphatic heterocycles. The molecule has 1 heterocycles. The van der Waals surface area contributed by atoms with Gasteiger partial charge in [-0.2, -0.15) is 0 Å². The number of hydrogen-bond donors (Lipinski definition) is 2. The Morgan fingerprint density at radius 1 is 1.32 bits per heavy atom. The highest BCUT2D eigenvalue weighted by Crippen LogP contribution is 2.17. The van der Waals surface area contributed by atoms with Crippen molar-refractivity contribution < 1.29 is 14.3 Å². The van der Waals surface area contributed by atoms with E-state index >= 15 is 0 Å². The fourth-order valence-electron chi connectivity index (χ4n) is 1.60. The number of halogens is 1. The van der Waals surface area contributed by atoms with Crippen LogP contribution in [0.4, 0.5) is 10.2 Å². The molecule has 98 valence electrons. The smallest absolute Gasteiger partial charge is 0.356 e. The molecule has 0 aliphatic rings. The fourth-order valence-corrected chi connectivity index (χ4v) is 1.60.